The average molecular weight is 555 g/mol. The maximum absolute atomic E-state index is 12.6. The van der Waals surface area contributed by atoms with E-state index in [1.54, 1.807) is 11.1 Å². The summed E-state index contributed by atoms with van der Waals surface area (Å²) in [5.74, 6) is 0.958. The first-order chi connectivity index (χ1) is 19.7. The lowest BCUT2D eigenvalue weighted by atomic mass is 10.0. The second-order valence-electron chi connectivity index (χ2n) is 12.3. The smallest absolute Gasteiger partial charge is 0.410 e. The van der Waals surface area contributed by atoms with Gasteiger partial charge < -0.3 is 24.2 Å². The Morgan fingerprint density at radius 1 is 1.02 bits per heavy atom. The highest BCUT2D eigenvalue weighted by molar-refractivity contribution is 5.95. The van der Waals surface area contributed by atoms with Crippen molar-refractivity contribution in [1.29, 1.82) is 5.26 Å². The molecule has 0 saturated carbocycles. The molecule has 0 aliphatic carbocycles. The van der Waals surface area contributed by atoms with E-state index in [0.717, 1.165) is 60.8 Å². The van der Waals surface area contributed by atoms with Crippen molar-refractivity contribution in [2.24, 2.45) is 0 Å². The molecule has 0 N–H and O–H groups in total. The van der Waals surface area contributed by atoms with Crippen molar-refractivity contribution in [2.75, 3.05) is 55.7 Å². The third-order valence-electron chi connectivity index (χ3n) is 8.28. The number of carbonyl (C=O) groups excluding carboxylic acids is 1. The third kappa shape index (κ3) is 5.36. The lowest BCUT2D eigenvalue weighted by molar-refractivity contribution is 0.0240. The molecule has 2 saturated heterocycles. The van der Waals surface area contributed by atoms with Crippen LogP contribution in [0.1, 0.15) is 38.8 Å². The molecule has 3 aliphatic heterocycles. The minimum atomic E-state index is -0.498. The van der Waals surface area contributed by atoms with Gasteiger partial charge >= 0.3 is 6.09 Å². The number of amides is 1. The Labute approximate surface area is 241 Å². The van der Waals surface area contributed by atoms with Gasteiger partial charge in [-0.3, -0.25) is 9.88 Å². The summed E-state index contributed by atoms with van der Waals surface area (Å²) in [6.07, 6.45) is 1.50. The van der Waals surface area contributed by atoms with Gasteiger partial charge in [-0.25, -0.2) is 4.79 Å². The summed E-state index contributed by atoms with van der Waals surface area (Å²) in [5.41, 5.74) is 4.27. The molecule has 3 aliphatic rings. The minimum absolute atomic E-state index is 0.213. The number of nitriles is 1. The van der Waals surface area contributed by atoms with Crippen molar-refractivity contribution in [1.82, 2.24) is 14.8 Å². The minimum Gasteiger partial charge on any atom is -0.489 e. The molecule has 41 heavy (non-hydrogen) atoms. The van der Waals surface area contributed by atoms with Crippen LogP contribution in [-0.4, -0.2) is 84.4 Å². The van der Waals surface area contributed by atoms with Gasteiger partial charge in [-0.1, -0.05) is 12.1 Å². The van der Waals surface area contributed by atoms with Crippen LogP contribution in [0.2, 0.25) is 0 Å². The topological polar surface area (TPSA) is 85.2 Å². The van der Waals surface area contributed by atoms with Gasteiger partial charge in [-0.05, 0) is 58.0 Å². The standard InChI is InChI=1S/C32H38N6O3/c1-22-18-37(27-11-10-23(17-33)29-26(27)8-6-12-34-29)20-25-21-40-30-24(19-38(22)25)7-5-9-28(30)35-13-15-36(16-14-35)31(39)41-32(2,3)4/h5-12,22,25H,13-16,18-21H2,1-4H3/t22-,25-/m1/s1. The normalized spacial score (nSPS) is 21.4. The first-order valence-corrected chi connectivity index (χ1v) is 14.5. The van der Waals surface area contributed by atoms with E-state index in [-0.39, 0.29) is 12.1 Å². The third-order valence-corrected chi connectivity index (χ3v) is 8.28. The Morgan fingerprint density at radius 3 is 2.59 bits per heavy atom. The van der Waals surface area contributed by atoms with E-state index < -0.39 is 5.60 Å². The molecule has 4 heterocycles. The zero-order valence-electron chi connectivity index (χ0n) is 24.3. The van der Waals surface area contributed by atoms with Gasteiger partial charge in [0.1, 0.15) is 24.0 Å². The Bertz CT molecular complexity index is 1490. The molecule has 6 rings (SSSR count). The maximum atomic E-state index is 12.6. The number of para-hydroxylation sites is 1. The zero-order valence-corrected chi connectivity index (χ0v) is 24.3. The second-order valence-corrected chi connectivity index (χ2v) is 12.3. The molecule has 2 atom stereocenters. The molecule has 0 radical (unpaired) electrons. The molecule has 1 aromatic heterocycles. The van der Waals surface area contributed by atoms with Gasteiger partial charge in [-0.2, -0.15) is 5.26 Å². The summed E-state index contributed by atoms with van der Waals surface area (Å²) in [5, 5.41) is 10.6. The van der Waals surface area contributed by atoms with Crippen LogP contribution >= 0.6 is 0 Å². The number of pyridine rings is 1. The van der Waals surface area contributed by atoms with Crippen molar-refractivity contribution in [3.05, 3.63) is 59.8 Å². The number of rotatable bonds is 2. The first kappa shape index (κ1) is 27.2. The van der Waals surface area contributed by atoms with Crippen LogP contribution in [0.15, 0.2) is 48.7 Å². The highest BCUT2D eigenvalue weighted by Gasteiger charge is 2.37. The average Bonchev–Trinajstić information content (AvgIpc) is 3.16. The molecule has 0 unspecified atom stereocenters. The van der Waals surface area contributed by atoms with Gasteiger partial charge in [0.2, 0.25) is 0 Å². The van der Waals surface area contributed by atoms with E-state index in [1.807, 2.05) is 32.9 Å². The van der Waals surface area contributed by atoms with Gasteiger partial charge in [0.15, 0.2) is 0 Å². The van der Waals surface area contributed by atoms with Crippen LogP contribution in [0.5, 0.6) is 5.75 Å². The molecule has 3 aromatic rings. The summed E-state index contributed by atoms with van der Waals surface area (Å²) in [6.45, 7) is 13.8. The molecule has 214 valence electrons. The summed E-state index contributed by atoms with van der Waals surface area (Å²) in [4.78, 5) is 26.2. The summed E-state index contributed by atoms with van der Waals surface area (Å²) < 4.78 is 12.2. The predicted molar refractivity (Wildman–Crippen MR) is 159 cm³/mol. The Morgan fingerprint density at radius 2 is 1.83 bits per heavy atom. The number of ether oxygens (including phenoxy) is 2. The monoisotopic (exact) mass is 554 g/mol. The van der Waals surface area contributed by atoms with Crippen LogP contribution in [0, 0.1) is 11.3 Å². The quantitative estimate of drug-likeness (QED) is 0.453. The molecule has 9 heteroatoms. The Kier molecular flexibility index (Phi) is 7.12. The van der Waals surface area contributed by atoms with E-state index in [2.05, 4.69) is 63.0 Å². The Hall–Kier alpha value is -4.03. The van der Waals surface area contributed by atoms with E-state index in [1.165, 1.54) is 5.56 Å². The first-order valence-electron chi connectivity index (χ1n) is 14.5. The lowest BCUT2D eigenvalue weighted by Crippen LogP contribution is -2.58. The van der Waals surface area contributed by atoms with Crippen molar-refractivity contribution < 1.29 is 14.3 Å². The summed E-state index contributed by atoms with van der Waals surface area (Å²) >= 11 is 0. The number of carbonyl (C=O) groups is 1. The fourth-order valence-electron chi connectivity index (χ4n) is 6.32. The highest BCUT2D eigenvalue weighted by Crippen LogP contribution is 2.38. The fraction of sp³-hybridized carbons (Fsp3) is 0.469. The van der Waals surface area contributed by atoms with Crippen molar-refractivity contribution in [3.63, 3.8) is 0 Å². The number of nitrogens with zero attached hydrogens (tertiary/aromatic N) is 6. The molecular weight excluding hydrogens is 516 g/mol. The van der Waals surface area contributed by atoms with Crippen molar-refractivity contribution in [2.45, 2.75) is 51.9 Å². The number of piperazine rings is 2. The van der Waals surface area contributed by atoms with Crippen LogP contribution in [0.25, 0.3) is 10.9 Å². The van der Waals surface area contributed by atoms with E-state index in [0.29, 0.717) is 31.3 Å². The van der Waals surface area contributed by atoms with Crippen LogP contribution in [0.3, 0.4) is 0 Å². The van der Waals surface area contributed by atoms with Gasteiger partial charge in [0.25, 0.3) is 0 Å². The van der Waals surface area contributed by atoms with Crippen LogP contribution < -0.4 is 14.5 Å². The molecular formula is C32H38N6O3. The Balaban J connectivity index is 1.19. The number of aromatic nitrogens is 1. The molecule has 2 fully saturated rings. The lowest BCUT2D eigenvalue weighted by Gasteiger charge is -2.45. The number of benzene rings is 2. The highest BCUT2D eigenvalue weighted by atomic mass is 16.6. The van der Waals surface area contributed by atoms with E-state index in [4.69, 9.17) is 9.47 Å². The van der Waals surface area contributed by atoms with Crippen molar-refractivity contribution in [3.8, 4) is 11.8 Å². The van der Waals surface area contributed by atoms with Gasteiger partial charge in [0.05, 0.1) is 22.8 Å². The number of anilines is 2. The fourth-order valence-corrected chi connectivity index (χ4v) is 6.32. The SMILES string of the molecule is C[C@@H]1CN(c2ccc(C#N)c3ncccc23)C[C@@H]2COc3c(cccc3N3CCN(C(=O)OC(C)(C)C)CC3)CN21. The number of fused-ring (bicyclic) bond motifs is 3. The summed E-state index contributed by atoms with van der Waals surface area (Å²) in [7, 11) is 0. The van der Waals surface area contributed by atoms with Gasteiger partial charge in [-0.15, -0.1) is 0 Å². The molecule has 9 nitrogen and oxygen atoms in total. The van der Waals surface area contributed by atoms with E-state index >= 15 is 0 Å². The van der Waals surface area contributed by atoms with Crippen LogP contribution in [0.4, 0.5) is 16.2 Å². The van der Waals surface area contributed by atoms with Crippen molar-refractivity contribution >= 4 is 28.4 Å². The molecule has 1 amide bonds. The number of hydrogen-bond acceptors (Lipinski definition) is 8. The van der Waals surface area contributed by atoms with Gasteiger partial charge in [0, 0.05) is 74.7 Å². The maximum Gasteiger partial charge on any atom is 0.410 e. The van der Waals surface area contributed by atoms with E-state index in [9.17, 15) is 10.1 Å². The second kappa shape index (κ2) is 10.7. The number of hydrogen-bond donors (Lipinski definition) is 0. The summed E-state index contributed by atoms with van der Waals surface area (Å²) in [6, 6.07) is 17.2. The molecule has 0 bridgehead atoms. The largest absolute Gasteiger partial charge is 0.489 e. The molecule has 2 aromatic carbocycles. The molecule has 0 spiro atoms. The van der Waals surface area contributed by atoms with Crippen LogP contribution in [-0.2, 0) is 11.3 Å². The zero-order chi connectivity index (χ0) is 28.7. The predicted octanol–water partition coefficient (Wildman–Crippen LogP) is 4.64.